The van der Waals surface area contributed by atoms with Crippen molar-refractivity contribution in [3.05, 3.63) is 66.8 Å². The summed E-state index contributed by atoms with van der Waals surface area (Å²) in [5.41, 5.74) is 1.44. The van der Waals surface area contributed by atoms with Crippen LogP contribution < -0.4 is 21.2 Å². The van der Waals surface area contributed by atoms with Gasteiger partial charge in [-0.25, -0.2) is 0 Å². The Kier molecular flexibility index (Phi) is 3.78. The van der Waals surface area contributed by atoms with Gasteiger partial charge in [0, 0.05) is 0 Å². The van der Waals surface area contributed by atoms with Gasteiger partial charge in [0.1, 0.15) is 0 Å². The molecular weight excluding hydrogens is 327 g/mol. The number of aryl methyl sites for hydroxylation is 1. The van der Waals surface area contributed by atoms with E-state index in [1.165, 1.54) is 3.57 Å². The molecule has 0 amide bonds. The van der Waals surface area contributed by atoms with Gasteiger partial charge in [-0.15, -0.1) is 0 Å². The van der Waals surface area contributed by atoms with Crippen molar-refractivity contribution in [2.75, 3.05) is 0 Å². The fourth-order valence-electron chi connectivity index (χ4n) is 1.48. The summed E-state index contributed by atoms with van der Waals surface area (Å²) >= 11 is -0.420. The zero-order valence-electron chi connectivity index (χ0n) is 9.35. The maximum atomic E-state index is 11.2. The van der Waals surface area contributed by atoms with Crippen molar-refractivity contribution < 1.29 is 31.1 Å². The summed E-state index contributed by atoms with van der Waals surface area (Å²) in [6.07, 6.45) is 0. The Hall–Kier alpha value is -1.36. The molecule has 0 aliphatic heterocycles. The first kappa shape index (κ1) is 12.1. The van der Waals surface area contributed by atoms with Gasteiger partial charge in [0.05, 0.1) is 0 Å². The van der Waals surface area contributed by atoms with Crippen molar-refractivity contribution in [2.45, 2.75) is 6.92 Å². The molecule has 1 N–H and O–H groups in total. The number of carboxylic acid groups (broad SMARTS) is 1. The van der Waals surface area contributed by atoms with Gasteiger partial charge in [-0.2, -0.15) is 0 Å². The van der Waals surface area contributed by atoms with Gasteiger partial charge >= 0.3 is 111 Å². The Morgan fingerprint density at radius 3 is 2.47 bits per heavy atom. The van der Waals surface area contributed by atoms with Crippen molar-refractivity contribution in [2.24, 2.45) is 0 Å². The third-order valence-corrected chi connectivity index (χ3v) is 5.16. The first-order valence-corrected chi connectivity index (χ1v) is 7.36. The van der Waals surface area contributed by atoms with Crippen molar-refractivity contribution in [1.29, 1.82) is 0 Å². The Morgan fingerprint density at radius 2 is 1.82 bits per heavy atom. The van der Waals surface area contributed by atoms with E-state index < -0.39 is 27.2 Å². The average Bonchev–Trinajstić information content (AvgIpc) is 2.32. The van der Waals surface area contributed by atoms with Crippen LogP contribution in [0, 0.1) is 14.1 Å². The fraction of sp³-hybridized carbons (Fsp3) is 0.0714. The number of halogens is 1. The quantitative estimate of drug-likeness (QED) is 0.788. The molecule has 2 aromatic carbocycles. The van der Waals surface area contributed by atoms with Gasteiger partial charge < -0.3 is 0 Å². The molecule has 0 heterocycles. The van der Waals surface area contributed by atoms with E-state index in [9.17, 15) is 9.90 Å². The summed E-state index contributed by atoms with van der Waals surface area (Å²) in [4.78, 5) is 11.2. The van der Waals surface area contributed by atoms with E-state index >= 15 is 0 Å². The fourth-order valence-corrected chi connectivity index (χ4v) is 3.96. The topological polar surface area (TPSA) is 37.3 Å². The molecule has 17 heavy (non-hydrogen) atoms. The van der Waals surface area contributed by atoms with Crippen LogP contribution in [0.4, 0.5) is 0 Å². The predicted molar refractivity (Wildman–Crippen MR) is 62.0 cm³/mol. The van der Waals surface area contributed by atoms with Crippen molar-refractivity contribution in [3.63, 3.8) is 0 Å². The number of hydrogen-bond donors (Lipinski definition) is 1. The molecule has 3 heteroatoms. The summed E-state index contributed by atoms with van der Waals surface area (Å²) in [7, 11) is 0. The predicted octanol–water partition coefficient (Wildman–Crippen LogP) is -0.178. The van der Waals surface area contributed by atoms with Crippen molar-refractivity contribution in [3.8, 4) is 0 Å². The standard InChI is InChI=1S/C14H12IO2/c1-10-7-8-13(12(9-10)14(16)17)15-11-5-3-2-4-6-11/h2-9H,1H3,(H,16,17)/q-1. The number of hydrogen-bond acceptors (Lipinski definition) is 1. The Labute approximate surface area is 111 Å². The zero-order valence-corrected chi connectivity index (χ0v) is 11.5. The van der Waals surface area contributed by atoms with Crippen LogP contribution in [0.3, 0.4) is 0 Å². The molecule has 88 valence electrons. The van der Waals surface area contributed by atoms with E-state index in [1.54, 1.807) is 6.07 Å². The molecule has 0 aliphatic carbocycles. The van der Waals surface area contributed by atoms with Crippen LogP contribution in [0.25, 0.3) is 0 Å². The van der Waals surface area contributed by atoms with Gasteiger partial charge in [0.15, 0.2) is 0 Å². The first-order chi connectivity index (χ1) is 8.16. The minimum absolute atomic E-state index is 0.420. The summed E-state index contributed by atoms with van der Waals surface area (Å²) in [5.74, 6) is -0.834. The minimum atomic E-state index is -0.834. The second-order valence-electron chi connectivity index (χ2n) is 3.68. The van der Waals surface area contributed by atoms with E-state index in [1.807, 2.05) is 37.3 Å². The van der Waals surface area contributed by atoms with Crippen LogP contribution in [0.1, 0.15) is 15.9 Å². The van der Waals surface area contributed by atoms with Gasteiger partial charge in [-0.05, 0) is 0 Å². The Morgan fingerprint density at radius 1 is 1.12 bits per heavy atom. The molecule has 0 spiro atoms. The van der Waals surface area contributed by atoms with Crippen molar-refractivity contribution in [1.82, 2.24) is 0 Å². The van der Waals surface area contributed by atoms with Crippen LogP contribution in [-0.2, 0) is 0 Å². The zero-order chi connectivity index (χ0) is 12.3. The van der Waals surface area contributed by atoms with Gasteiger partial charge in [-0.3, -0.25) is 0 Å². The molecule has 2 nitrogen and oxygen atoms in total. The summed E-state index contributed by atoms with van der Waals surface area (Å²) < 4.78 is 2.20. The van der Waals surface area contributed by atoms with Gasteiger partial charge in [-0.1, -0.05) is 0 Å². The van der Waals surface area contributed by atoms with Crippen LogP contribution in [0.15, 0.2) is 48.5 Å². The van der Waals surface area contributed by atoms with E-state index in [-0.39, 0.29) is 0 Å². The number of carbonyl (C=O) groups is 1. The molecule has 0 aromatic heterocycles. The molecule has 0 bridgehead atoms. The average molecular weight is 339 g/mol. The van der Waals surface area contributed by atoms with Gasteiger partial charge in [0.2, 0.25) is 0 Å². The van der Waals surface area contributed by atoms with E-state index in [2.05, 4.69) is 12.1 Å². The number of benzene rings is 2. The molecule has 0 atom stereocenters. The number of aromatic carboxylic acids is 1. The molecule has 2 rings (SSSR count). The molecular formula is C14H12IO2-. The summed E-state index contributed by atoms with van der Waals surface area (Å²) in [6, 6.07) is 15.7. The Balaban J connectivity index is 2.36. The molecule has 0 unspecified atom stereocenters. The third kappa shape index (κ3) is 3.06. The SMILES string of the molecule is Cc1ccc([I-]c2ccccc2)c(C(=O)O)c1. The molecule has 0 fully saturated rings. The van der Waals surface area contributed by atoms with Crippen LogP contribution in [0.2, 0.25) is 0 Å². The van der Waals surface area contributed by atoms with E-state index in [0.717, 1.165) is 9.13 Å². The molecule has 0 saturated carbocycles. The number of carboxylic acids is 1. The molecule has 0 radical (unpaired) electrons. The second kappa shape index (κ2) is 5.31. The van der Waals surface area contributed by atoms with Crippen molar-refractivity contribution >= 4 is 5.97 Å². The normalized spacial score (nSPS) is 10.4. The summed E-state index contributed by atoms with van der Waals surface area (Å²) in [6.45, 7) is 1.91. The maximum absolute atomic E-state index is 11.2. The molecule has 0 saturated heterocycles. The van der Waals surface area contributed by atoms with E-state index in [0.29, 0.717) is 5.56 Å². The third-order valence-electron chi connectivity index (χ3n) is 2.30. The summed E-state index contributed by atoms with van der Waals surface area (Å²) in [5, 5.41) is 9.19. The van der Waals surface area contributed by atoms with Gasteiger partial charge in [0.25, 0.3) is 0 Å². The molecule has 0 aliphatic rings. The second-order valence-corrected chi connectivity index (χ2v) is 6.63. The Bertz CT molecular complexity index is 535. The monoisotopic (exact) mass is 339 g/mol. The van der Waals surface area contributed by atoms with Crippen LogP contribution >= 0.6 is 0 Å². The first-order valence-electron chi connectivity index (χ1n) is 5.20. The van der Waals surface area contributed by atoms with Crippen LogP contribution in [0.5, 0.6) is 0 Å². The number of rotatable bonds is 3. The van der Waals surface area contributed by atoms with Crippen LogP contribution in [-0.4, -0.2) is 11.1 Å². The molecule has 2 aromatic rings. The van der Waals surface area contributed by atoms with E-state index in [4.69, 9.17) is 0 Å².